The molecule has 0 saturated heterocycles. The first-order chi connectivity index (χ1) is 17.8. The van der Waals surface area contributed by atoms with Crippen LogP contribution in [0, 0.1) is 11.6 Å². The molecule has 0 saturated carbocycles. The van der Waals surface area contributed by atoms with Crippen molar-refractivity contribution in [2.24, 2.45) is 0 Å². The van der Waals surface area contributed by atoms with E-state index >= 15 is 0 Å². The summed E-state index contributed by atoms with van der Waals surface area (Å²) in [7, 11) is -3.14. The van der Waals surface area contributed by atoms with Crippen molar-refractivity contribution in [3.05, 3.63) is 65.0 Å². The molecule has 0 radical (unpaired) electrons. The van der Waals surface area contributed by atoms with E-state index in [1.165, 1.54) is 19.4 Å². The van der Waals surface area contributed by atoms with Crippen molar-refractivity contribution in [2.45, 2.75) is 31.3 Å². The molecule has 4 rings (SSSR count). The molecule has 0 atom stereocenters. The van der Waals surface area contributed by atoms with Gasteiger partial charge in [-0.25, -0.2) is 32.0 Å². The number of nitrogens with zero attached hydrogens (tertiary/aromatic N) is 3. The number of fused-ring (bicyclic) bond motifs is 1. The number of benzene rings is 1. The Morgan fingerprint density at radius 1 is 1.11 bits per heavy atom. The maximum Gasteiger partial charge on any atom is 0.413 e. The average molecular weight is 610 g/mol. The zero-order chi connectivity index (χ0) is 27.8. The van der Waals surface area contributed by atoms with Gasteiger partial charge in [-0.3, -0.25) is 14.4 Å². The molecule has 200 valence electrons. The molecule has 2 N–H and O–H groups in total. The SMILES string of the molecule is COc1ncc(-c2ccc3nc(NC(=O)OC(C)(C)C)c(Br)n3c2)cc1NS(=O)(=O)c1ccc(F)cc1F. The molecule has 3 aromatic heterocycles. The Kier molecular flexibility index (Phi) is 7.30. The van der Waals surface area contributed by atoms with Crippen LogP contribution in [0.2, 0.25) is 0 Å². The number of aromatic nitrogens is 3. The number of hydrogen-bond donors (Lipinski definition) is 2. The third kappa shape index (κ3) is 5.86. The predicted octanol–water partition coefficient (Wildman–Crippen LogP) is 5.59. The molecular weight excluding hydrogens is 588 g/mol. The topological polar surface area (TPSA) is 124 Å². The number of pyridine rings is 2. The Bertz CT molecular complexity index is 1650. The predicted molar refractivity (Wildman–Crippen MR) is 140 cm³/mol. The fourth-order valence-electron chi connectivity index (χ4n) is 3.41. The number of imidazole rings is 1. The third-order valence-corrected chi connectivity index (χ3v) is 7.14. The van der Waals surface area contributed by atoms with E-state index in [9.17, 15) is 22.0 Å². The average Bonchev–Trinajstić information content (AvgIpc) is 3.11. The highest BCUT2D eigenvalue weighted by atomic mass is 79.9. The highest BCUT2D eigenvalue weighted by Crippen LogP contribution is 2.32. The van der Waals surface area contributed by atoms with E-state index in [1.54, 1.807) is 43.5 Å². The number of methoxy groups -OCH3 is 1. The molecular formula is C24H22BrF2N5O5S. The standard InChI is InChI=1S/C24H22BrF2N5O5S/c1-24(2,3)37-23(33)30-21-20(25)32-12-13(5-8-19(32)29-21)14-9-17(22(36-4)28-11-14)31-38(34,35)18-7-6-15(26)10-16(18)27/h5-12,31H,1-4H3,(H,30,33). The number of sulfonamides is 1. The molecule has 0 aliphatic heterocycles. The van der Waals surface area contributed by atoms with E-state index in [1.807, 2.05) is 0 Å². The van der Waals surface area contributed by atoms with Crippen LogP contribution in [-0.2, 0) is 14.8 Å². The van der Waals surface area contributed by atoms with E-state index in [-0.39, 0.29) is 17.4 Å². The molecule has 0 aliphatic rings. The fourth-order valence-corrected chi connectivity index (χ4v) is 4.99. The van der Waals surface area contributed by atoms with E-state index in [0.717, 1.165) is 12.1 Å². The van der Waals surface area contributed by atoms with E-state index in [4.69, 9.17) is 9.47 Å². The van der Waals surface area contributed by atoms with Gasteiger partial charge in [0.25, 0.3) is 10.0 Å². The molecule has 0 unspecified atom stereocenters. The van der Waals surface area contributed by atoms with Crippen molar-refractivity contribution >= 4 is 49.2 Å². The smallest absolute Gasteiger partial charge is 0.413 e. The summed E-state index contributed by atoms with van der Waals surface area (Å²) < 4.78 is 67.9. The Morgan fingerprint density at radius 3 is 2.50 bits per heavy atom. The quantitative estimate of drug-likeness (QED) is 0.292. The minimum Gasteiger partial charge on any atom is -0.480 e. The van der Waals surface area contributed by atoms with Gasteiger partial charge < -0.3 is 9.47 Å². The van der Waals surface area contributed by atoms with Crippen LogP contribution in [-0.4, -0.2) is 41.6 Å². The van der Waals surface area contributed by atoms with Gasteiger partial charge in [-0.15, -0.1) is 0 Å². The Labute approximate surface area is 225 Å². The van der Waals surface area contributed by atoms with Crippen molar-refractivity contribution in [1.82, 2.24) is 14.4 Å². The van der Waals surface area contributed by atoms with Crippen molar-refractivity contribution in [3.8, 4) is 17.0 Å². The van der Waals surface area contributed by atoms with Gasteiger partial charge in [0, 0.05) is 29.6 Å². The molecule has 1 aromatic carbocycles. The van der Waals surface area contributed by atoms with Crippen molar-refractivity contribution in [2.75, 3.05) is 17.1 Å². The second-order valence-corrected chi connectivity index (χ2v) is 11.4. The number of hydrogen-bond acceptors (Lipinski definition) is 7. The Morgan fingerprint density at radius 2 is 1.84 bits per heavy atom. The van der Waals surface area contributed by atoms with Crippen LogP contribution in [0.1, 0.15) is 20.8 Å². The van der Waals surface area contributed by atoms with Gasteiger partial charge in [0.1, 0.15) is 38.1 Å². The minimum atomic E-state index is -4.44. The molecule has 0 bridgehead atoms. The molecule has 0 spiro atoms. The molecule has 14 heteroatoms. The zero-order valence-corrected chi connectivity index (χ0v) is 22.9. The van der Waals surface area contributed by atoms with Crippen LogP contribution in [0.5, 0.6) is 5.88 Å². The van der Waals surface area contributed by atoms with Crippen molar-refractivity contribution in [3.63, 3.8) is 0 Å². The normalized spacial score (nSPS) is 11.9. The number of anilines is 2. The lowest BCUT2D eigenvalue weighted by molar-refractivity contribution is 0.0635. The number of ether oxygens (including phenoxy) is 2. The fraction of sp³-hybridized carbons (Fsp3) is 0.208. The van der Waals surface area contributed by atoms with Crippen LogP contribution in [0.3, 0.4) is 0 Å². The number of amides is 1. The van der Waals surface area contributed by atoms with Crippen LogP contribution in [0.15, 0.2) is 58.3 Å². The molecule has 10 nitrogen and oxygen atoms in total. The minimum absolute atomic E-state index is 0.0615. The zero-order valence-electron chi connectivity index (χ0n) is 20.5. The van der Waals surface area contributed by atoms with Gasteiger partial charge in [0.05, 0.1) is 7.11 Å². The van der Waals surface area contributed by atoms with Crippen LogP contribution in [0.4, 0.5) is 25.1 Å². The van der Waals surface area contributed by atoms with E-state index in [0.29, 0.717) is 27.4 Å². The molecule has 3 heterocycles. The Hall–Kier alpha value is -3.78. The lowest BCUT2D eigenvalue weighted by atomic mass is 10.1. The van der Waals surface area contributed by atoms with Crippen LogP contribution < -0.4 is 14.8 Å². The molecule has 4 aromatic rings. The first kappa shape index (κ1) is 27.3. The molecule has 38 heavy (non-hydrogen) atoms. The Balaban J connectivity index is 1.68. The van der Waals surface area contributed by atoms with Gasteiger partial charge >= 0.3 is 6.09 Å². The summed E-state index contributed by atoms with van der Waals surface area (Å²) >= 11 is 3.42. The first-order valence-corrected chi connectivity index (χ1v) is 13.2. The first-order valence-electron chi connectivity index (χ1n) is 11.0. The van der Waals surface area contributed by atoms with E-state index < -0.39 is 38.2 Å². The van der Waals surface area contributed by atoms with Crippen LogP contribution in [0.25, 0.3) is 16.8 Å². The summed E-state index contributed by atoms with van der Waals surface area (Å²) in [5.41, 5.74) is 0.827. The van der Waals surface area contributed by atoms with E-state index in [2.05, 4.69) is 35.9 Å². The number of carbonyl (C=O) groups is 1. The second kappa shape index (κ2) is 10.2. The molecule has 1 amide bonds. The number of nitrogens with one attached hydrogen (secondary N) is 2. The number of halogens is 3. The van der Waals surface area contributed by atoms with Gasteiger partial charge in [0.2, 0.25) is 5.88 Å². The maximum absolute atomic E-state index is 14.2. The number of carbonyl (C=O) groups excluding carboxylic acids is 1. The largest absolute Gasteiger partial charge is 0.480 e. The monoisotopic (exact) mass is 609 g/mol. The van der Waals surface area contributed by atoms with Gasteiger partial charge in [-0.1, -0.05) is 0 Å². The van der Waals surface area contributed by atoms with Gasteiger partial charge in [-0.2, -0.15) is 0 Å². The molecule has 0 fully saturated rings. The summed E-state index contributed by atoms with van der Waals surface area (Å²) in [4.78, 5) is 20.0. The third-order valence-electron chi connectivity index (χ3n) is 4.99. The van der Waals surface area contributed by atoms with Gasteiger partial charge in [-0.05, 0) is 67.0 Å². The second-order valence-electron chi connectivity index (χ2n) is 8.99. The summed E-state index contributed by atoms with van der Waals surface area (Å²) in [6.07, 6.45) is 2.48. The van der Waals surface area contributed by atoms with Gasteiger partial charge in [0.15, 0.2) is 5.82 Å². The summed E-state index contributed by atoms with van der Waals surface area (Å²) in [5.74, 6) is -1.98. The van der Waals surface area contributed by atoms with Crippen molar-refractivity contribution < 1.29 is 31.5 Å². The summed E-state index contributed by atoms with van der Waals surface area (Å²) in [5, 5.41) is 2.59. The van der Waals surface area contributed by atoms with Crippen LogP contribution >= 0.6 is 15.9 Å². The number of rotatable bonds is 6. The highest BCUT2D eigenvalue weighted by molar-refractivity contribution is 9.10. The van der Waals surface area contributed by atoms with Crippen molar-refractivity contribution in [1.29, 1.82) is 0 Å². The summed E-state index contributed by atoms with van der Waals surface area (Å²) in [6, 6.07) is 6.99. The molecule has 0 aliphatic carbocycles. The maximum atomic E-state index is 14.2. The lowest BCUT2D eigenvalue weighted by Crippen LogP contribution is -2.27. The summed E-state index contributed by atoms with van der Waals surface area (Å²) in [6.45, 7) is 5.22. The lowest BCUT2D eigenvalue weighted by Gasteiger charge is -2.19. The highest BCUT2D eigenvalue weighted by Gasteiger charge is 2.23.